The Balaban J connectivity index is 0. The van der Waals surface area contributed by atoms with E-state index in [4.69, 9.17) is 5.11 Å². The third-order valence-corrected chi connectivity index (χ3v) is 1.15. The minimum atomic E-state index is -1.06. The summed E-state index contributed by atoms with van der Waals surface area (Å²) in [6.07, 6.45) is -0.372. The van der Waals surface area contributed by atoms with E-state index < -0.39 is 11.4 Å². The van der Waals surface area contributed by atoms with Crippen molar-refractivity contribution in [3.63, 3.8) is 0 Å². The third kappa shape index (κ3) is 6.29. The molecule has 0 spiro atoms. The number of carboxylic acids is 1. The first-order valence-corrected chi connectivity index (χ1v) is 3.09. The molecule has 0 amide bonds. The molecule has 1 N–H and O–H groups in total. The molecule has 0 aromatic heterocycles. The molecular weight excluding hydrogens is 240 g/mol. The van der Waals surface area contributed by atoms with E-state index in [-0.39, 0.29) is 34.6 Å². The zero-order chi connectivity index (χ0) is 8.36. The first kappa shape index (κ1) is 13.5. The maximum absolute atomic E-state index is 10.9. The molecule has 0 fully saturated rings. The molecule has 0 aliphatic carbocycles. The summed E-state index contributed by atoms with van der Waals surface area (Å²) in [5.41, 5.74) is -0.529. The van der Waals surface area contributed by atoms with Gasteiger partial charge in [0.05, 0.1) is 0 Å². The first-order chi connectivity index (χ1) is 4.34. The van der Waals surface area contributed by atoms with Crippen LogP contribution in [-0.2, 0) is 32.0 Å². The van der Waals surface area contributed by atoms with E-state index in [1.165, 1.54) is 0 Å². The SMILES string of the molecule is CC(C)(C)C(=O)CC(=O)O.[Ag]. The van der Waals surface area contributed by atoms with Gasteiger partial charge in [-0.1, -0.05) is 20.8 Å². The number of carbonyl (C=O) groups excluding carboxylic acids is 1. The van der Waals surface area contributed by atoms with E-state index >= 15 is 0 Å². The van der Waals surface area contributed by atoms with Crippen LogP contribution in [0, 0.1) is 5.41 Å². The van der Waals surface area contributed by atoms with Crippen molar-refractivity contribution in [1.29, 1.82) is 0 Å². The van der Waals surface area contributed by atoms with Gasteiger partial charge in [-0.05, 0) is 0 Å². The number of Topliss-reactive ketones (excluding diaryl/α,β-unsaturated/α-hetero) is 1. The van der Waals surface area contributed by atoms with Crippen molar-refractivity contribution in [3.05, 3.63) is 0 Å². The van der Waals surface area contributed by atoms with E-state index in [9.17, 15) is 9.59 Å². The van der Waals surface area contributed by atoms with Gasteiger partial charge < -0.3 is 5.11 Å². The van der Waals surface area contributed by atoms with Gasteiger partial charge in [0.2, 0.25) is 0 Å². The Kier molecular flexibility index (Phi) is 5.75. The Morgan fingerprint density at radius 2 is 1.64 bits per heavy atom. The molecule has 0 atom stereocenters. The second-order valence-corrected chi connectivity index (χ2v) is 3.24. The van der Waals surface area contributed by atoms with Crippen LogP contribution in [0.15, 0.2) is 0 Å². The van der Waals surface area contributed by atoms with Crippen molar-refractivity contribution in [1.82, 2.24) is 0 Å². The molecule has 0 bridgehead atoms. The van der Waals surface area contributed by atoms with Crippen molar-refractivity contribution < 1.29 is 37.1 Å². The Morgan fingerprint density at radius 3 is 1.73 bits per heavy atom. The molecule has 0 rings (SSSR count). The van der Waals surface area contributed by atoms with Crippen LogP contribution in [0.3, 0.4) is 0 Å². The smallest absolute Gasteiger partial charge is 0.310 e. The van der Waals surface area contributed by atoms with Gasteiger partial charge in [0.1, 0.15) is 12.2 Å². The van der Waals surface area contributed by atoms with Gasteiger partial charge in [-0.15, -0.1) is 0 Å². The Morgan fingerprint density at radius 1 is 1.27 bits per heavy atom. The summed E-state index contributed by atoms with van der Waals surface area (Å²) in [6, 6.07) is 0. The van der Waals surface area contributed by atoms with Gasteiger partial charge in [0.15, 0.2) is 0 Å². The molecule has 0 unspecified atom stereocenters. The molecule has 0 aromatic carbocycles. The fraction of sp³-hybridized carbons (Fsp3) is 0.714. The maximum Gasteiger partial charge on any atom is 0.310 e. The molecule has 0 aromatic rings. The molecule has 69 valence electrons. The Bertz CT molecular complexity index is 158. The zero-order valence-corrected chi connectivity index (χ0v) is 8.25. The van der Waals surface area contributed by atoms with Crippen LogP contribution >= 0.6 is 0 Å². The van der Waals surface area contributed by atoms with E-state index in [1.807, 2.05) is 0 Å². The maximum atomic E-state index is 10.9. The number of hydrogen-bond donors (Lipinski definition) is 1. The number of carboxylic acid groups (broad SMARTS) is 1. The average Bonchev–Trinajstić information content (AvgIpc) is 1.60. The van der Waals surface area contributed by atoms with Crippen LogP contribution in [0.25, 0.3) is 0 Å². The van der Waals surface area contributed by atoms with Gasteiger partial charge in [-0.2, -0.15) is 0 Å². The summed E-state index contributed by atoms with van der Waals surface area (Å²) in [5.74, 6) is -1.29. The normalized spacial score (nSPS) is 10.1. The number of carbonyl (C=O) groups is 2. The van der Waals surface area contributed by atoms with Crippen molar-refractivity contribution >= 4 is 11.8 Å². The molecule has 0 aliphatic heterocycles. The Labute approximate surface area is 81.7 Å². The number of ketones is 1. The van der Waals surface area contributed by atoms with Crippen LogP contribution in [0.5, 0.6) is 0 Å². The molecule has 0 saturated carbocycles. The summed E-state index contributed by atoms with van der Waals surface area (Å²) in [5, 5.41) is 8.23. The van der Waals surface area contributed by atoms with E-state index in [0.29, 0.717) is 0 Å². The predicted molar refractivity (Wildman–Crippen MR) is 36.7 cm³/mol. The van der Waals surface area contributed by atoms with Gasteiger partial charge in [0, 0.05) is 27.8 Å². The minimum Gasteiger partial charge on any atom is -0.481 e. The number of rotatable bonds is 2. The van der Waals surface area contributed by atoms with E-state index in [1.54, 1.807) is 20.8 Å². The van der Waals surface area contributed by atoms with Gasteiger partial charge in [-0.25, -0.2) is 0 Å². The van der Waals surface area contributed by atoms with Crippen LogP contribution in [-0.4, -0.2) is 16.9 Å². The fourth-order valence-electron chi connectivity index (χ4n) is 0.403. The summed E-state index contributed by atoms with van der Waals surface area (Å²) in [4.78, 5) is 20.9. The van der Waals surface area contributed by atoms with Crippen LogP contribution in [0.4, 0.5) is 0 Å². The van der Waals surface area contributed by atoms with Crippen LogP contribution < -0.4 is 0 Å². The quantitative estimate of drug-likeness (QED) is 0.590. The molecule has 11 heavy (non-hydrogen) atoms. The molecular formula is C7H12AgO3. The molecule has 3 nitrogen and oxygen atoms in total. The van der Waals surface area contributed by atoms with Crippen LogP contribution in [0.1, 0.15) is 27.2 Å². The van der Waals surface area contributed by atoms with Gasteiger partial charge >= 0.3 is 5.97 Å². The monoisotopic (exact) mass is 251 g/mol. The largest absolute Gasteiger partial charge is 0.481 e. The fourth-order valence-corrected chi connectivity index (χ4v) is 0.403. The van der Waals surface area contributed by atoms with Gasteiger partial charge in [0.25, 0.3) is 0 Å². The second-order valence-electron chi connectivity index (χ2n) is 3.24. The molecule has 1 radical (unpaired) electrons. The topological polar surface area (TPSA) is 54.4 Å². The minimum absolute atomic E-state index is 0. The second kappa shape index (κ2) is 4.70. The summed E-state index contributed by atoms with van der Waals surface area (Å²) >= 11 is 0. The average molecular weight is 252 g/mol. The van der Waals surface area contributed by atoms with Crippen molar-refractivity contribution in [3.8, 4) is 0 Å². The van der Waals surface area contributed by atoms with Crippen LogP contribution in [0.2, 0.25) is 0 Å². The van der Waals surface area contributed by atoms with Crippen molar-refractivity contribution in [2.45, 2.75) is 27.2 Å². The van der Waals surface area contributed by atoms with Crippen molar-refractivity contribution in [2.75, 3.05) is 0 Å². The number of hydrogen-bond acceptors (Lipinski definition) is 2. The first-order valence-electron chi connectivity index (χ1n) is 3.09. The molecule has 0 saturated heterocycles. The van der Waals surface area contributed by atoms with E-state index in [2.05, 4.69) is 0 Å². The molecule has 0 heterocycles. The van der Waals surface area contributed by atoms with Gasteiger partial charge in [-0.3, -0.25) is 9.59 Å². The predicted octanol–water partition coefficient (Wildman–Crippen LogP) is 1.07. The zero-order valence-electron chi connectivity index (χ0n) is 6.77. The summed E-state index contributed by atoms with van der Waals surface area (Å²) < 4.78 is 0. The molecule has 0 aliphatic rings. The number of aliphatic carboxylic acids is 1. The standard InChI is InChI=1S/C7H12O3.Ag/c1-7(2,3)5(8)4-6(9)10;/h4H2,1-3H3,(H,9,10);. The van der Waals surface area contributed by atoms with Crippen molar-refractivity contribution in [2.24, 2.45) is 5.41 Å². The van der Waals surface area contributed by atoms with E-state index in [0.717, 1.165) is 0 Å². The third-order valence-electron chi connectivity index (χ3n) is 1.15. The summed E-state index contributed by atoms with van der Waals surface area (Å²) in [6.45, 7) is 5.12. The Hall–Kier alpha value is -0.120. The molecule has 4 heteroatoms. The summed E-state index contributed by atoms with van der Waals surface area (Å²) in [7, 11) is 0.